The third-order valence-electron chi connectivity index (χ3n) is 5.79. The fraction of sp³-hybridized carbons (Fsp3) is 0.500. The zero-order valence-corrected chi connectivity index (χ0v) is 16.8. The molecule has 3 aromatic rings. The number of rotatable bonds is 6. The highest BCUT2D eigenvalue weighted by molar-refractivity contribution is 6.02. The lowest BCUT2D eigenvalue weighted by atomic mass is 9.62. The van der Waals surface area contributed by atoms with Crippen molar-refractivity contribution in [2.24, 2.45) is 0 Å². The second kappa shape index (κ2) is 6.28. The van der Waals surface area contributed by atoms with Gasteiger partial charge in [0.1, 0.15) is 5.69 Å². The fourth-order valence-electron chi connectivity index (χ4n) is 4.50. The smallest absolute Gasteiger partial charge is 0.277 e. The van der Waals surface area contributed by atoms with Crippen molar-refractivity contribution in [3.63, 3.8) is 0 Å². The first-order valence-electron chi connectivity index (χ1n) is 9.95. The van der Waals surface area contributed by atoms with Crippen LogP contribution in [0.2, 0.25) is 0 Å². The number of anilines is 1. The Morgan fingerprint density at radius 2 is 2.14 bits per heavy atom. The Bertz CT molecular complexity index is 1100. The van der Waals surface area contributed by atoms with E-state index in [2.05, 4.69) is 22.3 Å². The quantitative estimate of drug-likeness (QED) is 0.687. The van der Waals surface area contributed by atoms with Gasteiger partial charge in [-0.3, -0.25) is 13.9 Å². The van der Waals surface area contributed by atoms with E-state index in [1.807, 2.05) is 30.6 Å². The molecule has 2 saturated heterocycles. The summed E-state index contributed by atoms with van der Waals surface area (Å²) < 4.78 is 15.2. The molecule has 0 atom stereocenters. The number of carbonyl (C=O) groups excluding carboxylic acids is 1. The minimum absolute atomic E-state index is 0.0241. The summed E-state index contributed by atoms with van der Waals surface area (Å²) in [6, 6.07) is 1.76. The van der Waals surface area contributed by atoms with E-state index in [9.17, 15) is 4.79 Å². The Hall–Kier alpha value is -2.94. The van der Waals surface area contributed by atoms with Crippen molar-refractivity contribution >= 4 is 17.4 Å². The minimum atomic E-state index is -0.344. The predicted octanol–water partition coefficient (Wildman–Crippen LogP) is 2.42. The molecular weight excluding hydrogens is 372 g/mol. The molecule has 1 saturated carbocycles. The molecule has 3 fully saturated rings. The minimum Gasteiger partial charge on any atom is -0.475 e. The molecule has 29 heavy (non-hydrogen) atoms. The highest BCUT2D eigenvalue weighted by atomic mass is 16.5. The summed E-state index contributed by atoms with van der Waals surface area (Å²) in [5.41, 5.74) is 1.76. The van der Waals surface area contributed by atoms with E-state index in [0.29, 0.717) is 30.6 Å². The van der Waals surface area contributed by atoms with Gasteiger partial charge in [-0.1, -0.05) is 0 Å². The van der Waals surface area contributed by atoms with E-state index >= 15 is 0 Å². The van der Waals surface area contributed by atoms with Crippen molar-refractivity contribution in [2.45, 2.75) is 51.2 Å². The van der Waals surface area contributed by atoms with Crippen molar-refractivity contribution in [3.8, 4) is 5.88 Å². The molecule has 6 rings (SSSR count). The molecule has 0 radical (unpaired) electrons. The van der Waals surface area contributed by atoms with Crippen molar-refractivity contribution < 1.29 is 14.3 Å². The van der Waals surface area contributed by atoms with Crippen LogP contribution in [-0.2, 0) is 16.7 Å². The van der Waals surface area contributed by atoms with E-state index in [1.165, 1.54) is 0 Å². The van der Waals surface area contributed by atoms with E-state index in [1.54, 1.807) is 16.9 Å². The van der Waals surface area contributed by atoms with Crippen LogP contribution in [-0.4, -0.2) is 48.9 Å². The molecule has 0 aromatic carbocycles. The second-order valence-corrected chi connectivity index (χ2v) is 8.10. The third kappa shape index (κ3) is 2.88. The second-order valence-electron chi connectivity index (χ2n) is 8.10. The number of imidazole rings is 1. The lowest BCUT2D eigenvalue weighted by molar-refractivity contribution is 0.0154. The summed E-state index contributed by atoms with van der Waals surface area (Å²) in [4.78, 5) is 22.0. The lowest BCUT2D eigenvalue weighted by Crippen LogP contribution is -2.45. The van der Waals surface area contributed by atoms with E-state index in [0.717, 1.165) is 25.1 Å². The maximum atomic E-state index is 12.8. The summed E-state index contributed by atoms with van der Waals surface area (Å²) in [7, 11) is 0. The van der Waals surface area contributed by atoms with Crippen LogP contribution in [0.1, 0.15) is 49.8 Å². The highest BCUT2D eigenvalue weighted by Crippen LogP contribution is 2.58. The Labute approximate surface area is 168 Å². The van der Waals surface area contributed by atoms with Crippen molar-refractivity contribution in [1.82, 2.24) is 24.1 Å². The molecule has 3 aliphatic rings. The number of nitrogens with one attached hydrogen (secondary N) is 1. The van der Waals surface area contributed by atoms with Crippen LogP contribution in [0.3, 0.4) is 0 Å². The SMILES string of the molecule is CCOc1nc(C(=O)Nc2ccn(CC)n2)cn2cc(C34COC(C)(C3)C4)nc12. The normalized spacial score (nSPS) is 25.2. The van der Waals surface area contributed by atoms with Crippen LogP contribution >= 0.6 is 0 Å². The molecule has 5 heterocycles. The van der Waals surface area contributed by atoms with Gasteiger partial charge in [0, 0.05) is 36.6 Å². The molecule has 1 aliphatic carbocycles. The van der Waals surface area contributed by atoms with Gasteiger partial charge >= 0.3 is 0 Å². The first-order valence-corrected chi connectivity index (χ1v) is 9.95. The summed E-state index contributed by atoms with van der Waals surface area (Å²) in [6.45, 7) is 7.85. The van der Waals surface area contributed by atoms with E-state index in [-0.39, 0.29) is 22.6 Å². The van der Waals surface area contributed by atoms with Crippen molar-refractivity contribution in [1.29, 1.82) is 0 Å². The first-order chi connectivity index (χ1) is 13.9. The van der Waals surface area contributed by atoms with Crippen LogP contribution in [0.4, 0.5) is 5.82 Å². The molecule has 9 nitrogen and oxygen atoms in total. The molecule has 0 spiro atoms. The standard InChI is InChI=1S/C20H24N6O3/c1-4-26-7-6-15(24-26)23-17(27)13-8-25-9-14(20-10-19(3,11-20)29-12-20)22-16(25)18(21-13)28-5-2/h6-9H,4-5,10-12H2,1-3H3,(H,23,24,27). The monoisotopic (exact) mass is 396 g/mol. The molecule has 1 N–H and O–H groups in total. The molecule has 2 bridgehead atoms. The van der Waals surface area contributed by atoms with Gasteiger partial charge in [-0.15, -0.1) is 0 Å². The number of aromatic nitrogens is 5. The summed E-state index contributed by atoms with van der Waals surface area (Å²) >= 11 is 0. The zero-order valence-electron chi connectivity index (χ0n) is 16.8. The molecule has 0 unspecified atom stereocenters. The van der Waals surface area contributed by atoms with Crippen LogP contribution in [0.5, 0.6) is 5.88 Å². The van der Waals surface area contributed by atoms with E-state index in [4.69, 9.17) is 14.5 Å². The number of nitrogens with zero attached hydrogens (tertiary/aromatic N) is 5. The predicted molar refractivity (Wildman–Crippen MR) is 105 cm³/mol. The number of hydrogen-bond acceptors (Lipinski definition) is 6. The Kier molecular flexibility index (Phi) is 3.92. The number of carbonyl (C=O) groups is 1. The molecular formula is C20H24N6O3. The van der Waals surface area contributed by atoms with Crippen molar-refractivity contribution in [2.75, 3.05) is 18.5 Å². The molecule has 152 valence electrons. The average Bonchev–Trinajstić information content (AvgIpc) is 3.43. The Morgan fingerprint density at radius 1 is 1.31 bits per heavy atom. The number of aryl methyl sites for hydroxylation is 1. The largest absolute Gasteiger partial charge is 0.475 e. The van der Waals surface area contributed by atoms with Gasteiger partial charge in [0.05, 0.1) is 24.5 Å². The van der Waals surface area contributed by atoms with Crippen LogP contribution in [0, 0.1) is 0 Å². The van der Waals surface area contributed by atoms with Gasteiger partial charge < -0.3 is 14.8 Å². The van der Waals surface area contributed by atoms with E-state index < -0.39 is 0 Å². The van der Waals surface area contributed by atoms with Gasteiger partial charge in [0.25, 0.3) is 11.8 Å². The number of ether oxygens (including phenoxy) is 2. The molecule has 1 amide bonds. The van der Waals surface area contributed by atoms with Crippen LogP contribution < -0.4 is 10.1 Å². The maximum absolute atomic E-state index is 12.8. The highest BCUT2D eigenvalue weighted by Gasteiger charge is 2.61. The van der Waals surface area contributed by atoms with Gasteiger partial charge in [0.2, 0.25) is 5.65 Å². The van der Waals surface area contributed by atoms with Gasteiger partial charge in [-0.25, -0.2) is 9.97 Å². The third-order valence-corrected chi connectivity index (χ3v) is 5.79. The average molecular weight is 396 g/mol. The Morgan fingerprint density at radius 3 is 2.79 bits per heavy atom. The van der Waals surface area contributed by atoms with Crippen LogP contribution in [0.25, 0.3) is 5.65 Å². The fourth-order valence-corrected chi connectivity index (χ4v) is 4.50. The van der Waals surface area contributed by atoms with Gasteiger partial charge in [-0.2, -0.15) is 5.10 Å². The first kappa shape index (κ1) is 18.1. The molecule has 2 aliphatic heterocycles. The van der Waals surface area contributed by atoms with Gasteiger partial charge in [-0.05, 0) is 33.6 Å². The number of hydrogen-bond donors (Lipinski definition) is 1. The zero-order chi connectivity index (χ0) is 20.2. The Balaban J connectivity index is 1.49. The number of fused-ring (bicyclic) bond motifs is 2. The van der Waals surface area contributed by atoms with Crippen LogP contribution in [0.15, 0.2) is 24.7 Å². The summed E-state index contributed by atoms with van der Waals surface area (Å²) in [5, 5.41) is 7.07. The maximum Gasteiger partial charge on any atom is 0.277 e. The summed E-state index contributed by atoms with van der Waals surface area (Å²) in [6.07, 6.45) is 7.40. The topological polar surface area (TPSA) is 95.6 Å². The molecule has 3 aromatic heterocycles. The lowest BCUT2D eigenvalue weighted by Gasteiger charge is -2.41. The van der Waals surface area contributed by atoms with Gasteiger partial charge in [0.15, 0.2) is 5.82 Å². The summed E-state index contributed by atoms with van der Waals surface area (Å²) in [5.74, 6) is 0.490. The van der Waals surface area contributed by atoms with Crippen molar-refractivity contribution in [3.05, 3.63) is 36.0 Å². The molecule has 9 heteroatoms. The number of amides is 1.